The van der Waals surface area contributed by atoms with E-state index in [0.717, 1.165) is 12.8 Å². The van der Waals surface area contributed by atoms with Gasteiger partial charge in [-0.05, 0) is 63.6 Å². The summed E-state index contributed by atoms with van der Waals surface area (Å²) in [5.74, 6) is -2.71. The number of hydrogen-bond acceptors (Lipinski definition) is 6. The maximum absolute atomic E-state index is 13.0. The van der Waals surface area contributed by atoms with Gasteiger partial charge in [-0.2, -0.15) is 0 Å². The first-order valence-electron chi connectivity index (χ1n) is 10.9. The summed E-state index contributed by atoms with van der Waals surface area (Å²) >= 11 is 0. The third-order valence-electron chi connectivity index (χ3n) is 6.06. The van der Waals surface area contributed by atoms with Gasteiger partial charge in [-0.3, -0.25) is 29.8 Å². The topological polar surface area (TPSA) is 122 Å². The fourth-order valence-electron chi connectivity index (χ4n) is 4.73. The van der Waals surface area contributed by atoms with Crippen molar-refractivity contribution in [2.24, 2.45) is 0 Å². The van der Waals surface area contributed by atoms with Crippen molar-refractivity contribution in [3.8, 4) is 0 Å². The molecule has 0 saturated carbocycles. The van der Waals surface area contributed by atoms with E-state index in [1.54, 1.807) is 37.8 Å². The molecule has 9 heteroatoms. The number of benzene rings is 1. The van der Waals surface area contributed by atoms with Gasteiger partial charge in [0.25, 0.3) is 11.8 Å². The van der Waals surface area contributed by atoms with Crippen LogP contribution in [0.15, 0.2) is 12.1 Å². The van der Waals surface area contributed by atoms with Crippen LogP contribution in [0.4, 0.5) is 4.79 Å². The lowest BCUT2D eigenvalue weighted by Crippen LogP contribution is -2.43. The highest BCUT2D eigenvalue weighted by molar-refractivity contribution is 6.23. The van der Waals surface area contributed by atoms with Crippen LogP contribution in [0.2, 0.25) is 0 Å². The van der Waals surface area contributed by atoms with Crippen molar-refractivity contribution in [3.05, 3.63) is 34.4 Å². The molecular formula is C23H27N3O6. The van der Waals surface area contributed by atoms with Crippen molar-refractivity contribution in [2.45, 2.75) is 70.4 Å². The number of rotatable bonds is 2. The third kappa shape index (κ3) is 3.99. The molecule has 5 amide bonds. The lowest BCUT2D eigenvalue weighted by Gasteiger charge is -2.39. The molecular weight excluding hydrogens is 414 g/mol. The number of likely N-dealkylation sites (tertiary alicyclic amines) is 1. The zero-order chi connectivity index (χ0) is 23.2. The van der Waals surface area contributed by atoms with E-state index in [0.29, 0.717) is 24.1 Å². The summed E-state index contributed by atoms with van der Waals surface area (Å²) in [4.78, 5) is 64.1. The first-order valence-corrected chi connectivity index (χ1v) is 10.9. The molecule has 2 unspecified atom stereocenters. The Hall–Kier alpha value is -3.23. The number of nitrogens with zero attached hydrogens (tertiary/aromatic N) is 1. The highest BCUT2D eigenvalue weighted by atomic mass is 16.6. The van der Waals surface area contributed by atoms with Gasteiger partial charge in [0, 0.05) is 13.0 Å². The fraction of sp³-hybridized carbons (Fsp3) is 0.522. The van der Waals surface area contributed by atoms with Gasteiger partial charge >= 0.3 is 6.09 Å². The van der Waals surface area contributed by atoms with E-state index in [2.05, 4.69) is 10.6 Å². The fourth-order valence-corrected chi connectivity index (χ4v) is 4.73. The van der Waals surface area contributed by atoms with Crippen LogP contribution in [0.3, 0.4) is 0 Å². The predicted molar refractivity (Wildman–Crippen MR) is 113 cm³/mol. The molecule has 3 aliphatic rings. The SMILES string of the molecule is CC(C)(C)OC(=O)N1CCCCC1c1ccc2c(c1C1CCC(=O)NC1=O)C(=O)NC2=O. The molecule has 9 nitrogen and oxygen atoms in total. The largest absolute Gasteiger partial charge is 0.444 e. The standard InChI is InChI=1S/C23H27N3O6/c1-23(2,3)32-22(31)26-11-5-4-6-15(26)12-7-8-14-18(21(30)25-20(14)29)17(12)13-9-10-16(27)24-19(13)28/h7-8,13,15H,4-6,9-11H2,1-3H3,(H,24,27,28)(H,25,29,30). The Morgan fingerprint density at radius 1 is 1.03 bits per heavy atom. The van der Waals surface area contributed by atoms with Gasteiger partial charge in [-0.15, -0.1) is 0 Å². The second kappa shape index (κ2) is 8.03. The molecule has 0 radical (unpaired) electrons. The normalized spacial score (nSPS) is 23.5. The molecule has 3 aliphatic heterocycles. The second-order valence-electron chi connectivity index (χ2n) is 9.46. The van der Waals surface area contributed by atoms with E-state index in [-0.39, 0.29) is 29.9 Å². The molecule has 0 aliphatic carbocycles. The van der Waals surface area contributed by atoms with Crippen molar-refractivity contribution < 1.29 is 28.7 Å². The van der Waals surface area contributed by atoms with Gasteiger partial charge in [0.2, 0.25) is 11.8 Å². The number of amides is 5. The van der Waals surface area contributed by atoms with Crippen LogP contribution in [0.25, 0.3) is 0 Å². The Labute approximate surface area is 185 Å². The first-order chi connectivity index (χ1) is 15.1. The summed E-state index contributed by atoms with van der Waals surface area (Å²) in [5, 5.41) is 4.64. The highest BCUT2D eigenvalue weighted by Crippen LogP contribution is 2.41. The molecule has 170 valence electrons. The zero-order valence-corrected chi connectivity index (χ0v) is 18.4. The van der Waals surface area contributed by atoms with Crippen LogP contribution in [-0.4, -0.2) is 46.8 Å². The van der Waals surface area contributed by atoms with Crippen molar-refractivity contribution >= 4 is 29.7 Å². The van der Waals surface area contributed by atoms with Gasteiger partial charge in [-0.1, -0.05) is 6.07 Å². The van der Waals surface area contributed by atoms with Crippen molar-refractivity contribution in [2.75, 3.05) is 6.54 Å². The third-order valence-corrected chi connectivity index (χ3v) is 6.06. The maximum Gasteiger partial charge on any atom is 0.410 e. The summed E-state index contributed by atoms with van der Waals surface area (Å²) in [6, 6.07) is 2.89. The minimum Gasteiger partial charge on any atom is -0.444 e. The molecule has 0 aromatic heterocycles. The first kappa shape index (κ1) is 22.0. The van der Waals surface area contributed by atoms with Gasteiger partial charge in [-0.25, -0.2) is 4.79 Å². The molecule has 3 heterocycles. The van der Waals surface area contributed by atoms with E-state index < -0.39 is 41.4 Å². The number of carbonyl (C=O) groups is 5. The molecule has 0 bridgehead atoms. The van der Waals surface area contributed by atoms with Crippen LogP contribution < -0.4 is 10.6 Å². The molecule has 1 aromatic carbocycles. The lowest BCUT2D eigenvalue weighted by molar-refractivity contribution is -0.134. The van der Waals surface area contributed by atoms with E-state index in [9.17, 15) is 24.0 Å². The van der Waals surface area contributed by atoms with Crippen molar-refractivity contribution in [1.82, 2.24) is 15.5 Å². The lowest BCUT2D eigenvalue weighted by atomic mass is 9.79. The number of nitrogens with one attached hydrogen (secondary N) is 2. The summed E-state index contributed by atoms with van der Waals surface area (Å²) in [5.41, 5.74) is 0.773. The van der Waals surface area contributed by atoms with Gasteiger partial charge in [0.1, 0.15) is 5.60 Å². The Morgan fingerprint density at radius 2 is 1.78 bits per heavy atom. The van der Waals surface area contributed by atoms with Gasteiger partial charge in [0.15, 0.2) is 0 Å². The molecule has 4 rings (SSSR count). The molecule has 0 spiro atoms. The maximum atomic E-state index is 13.0. The monoisotopic (exact) mass is 441 g/mol. The molecule has 2 saturated heterocycles. The summed E-state index contributed by atoms with van der Waals surface area (Å²) in [6.07, 6.45) is 2.21. The minimum absolute atomic E-state index is 0.134. The van der Waals surface area contributed by atoms with Crippen molar-refractivity contribution in [1.29, 1.82) is 0 Å². The summed E-state index contributed by atoms with van der Waals surface area (Å²) < 4.78 is 5.61. The molecule has 1 aromatic rings. The number of hydrogen-bond donors (Lipinski definition) is 2. The van der Waals surface area contributed by atoms with E-state index in [1.165, 1.54) is 0 Å². The molecule has 32 heavy (non-hydrogen) atoms. The number of ether oxygens (including phenoxy) is 1. The predicted octanol–water partition coefficient (Wildman–Crippen LogP) is 2.55. The number of fused-ring (bicyclic) bond motifs is 1. The van der Waals surface area contributed by atoms with E-state index >= 15 is 0 Å². The van der Waals surface area contributed by atoms with Crippen LogP contribution in [0, 0.1) is 0 Å². The number of piperidine rings is 2. The Balaban J connectivity index is 1.83. The van der Waals surface area contributed by atoms with Crippen molar-refractivity contribution in [3.63, 3.8) is 0 Å². The zero-order valence-electron chi connectivity index (χ0n) is 18.4. The van der Waals surface area contributed by atoms with Crippen LogP contribution in [-0.2, 0) is 14.3 Å². The quantitative estimate of drug-likeness (QED) is 0.680. The van der Waals surface area contributed by atoms with Gasteiger partial charge in [0.05, 0.1) is 23.1 Å². The molecule has 2 atom stereocenters. The average molecular weight is 441 g/mol. The van der Waals surface area contributed by atoms with E-state index in [1.807, 2.05) is 0 Å². The summed E-state index contributed by atoms with van der Waals surface area (Å²) in [7, 11) is 0. The Kier molecular flexibility index (Phi) is 5.52. The van der Waals surface area contributed by atoms with Crippen LogP contribution in [0.1, 0.15) is 96.7 Å². The second-order valence-corrected chi connectivity index (χ2v) is 9.46. The molecule has 2 N–H and O–H groups in total. The van der Waals surface area contributed by atoms with Gasteiger partial charge < -0.3 is 9.64 Å². The molecule has 2 fully saturated rings. The minimum atomic E-state index is -0.767. The Bertz CT molecular complexity index is 1030. The number of carbonyl (C=O) groups excluding carboxylic acids is 5. The highest BCUT2D eigenvalue weighted by Gasteiger charge is 2.41. The van der Waals surface area contributed by atoms with Crippen LogP contribution >= 0.6 is 0 Å². The van der Waals surface area contributed by atoms with Crippen LogP contribution in [0.5, 0.6) is 0 Å². The summed E-state index contributed by atoms with van der Waals surface area (Å²) in [6.45, 7) is 5.87. The smallest absolute Gasteiger partial charge is 0.410 e. The Morgan fingerprint density at radius 3 is 2.47 bits per heavy atom. The number of imide groups is 2. The average Bonchev–Trinajstić information content (AvgIpc) is 3.00. The van der Waals surface area contributed by atoms with E-state index in [4.69, 9.17) is 4.74 Å².